The van der Waals surface area contributed by atoms with Gasteiger partial charge in [0, 0.05) is 23.3 Å². The molecule has 0 fully saturated rings. The number of aryl methyl sites for hydroxylation is 1. The maximum Gasteiger partial charge on any atom is 0.122 e. The fourth-order valence-electron chi connectivity index (χ4n) is 2.13. The summed E-state index contributed by atoms with van der Waals surface area (Å²) in [5, 5.41) is 11.4. The third-order valence-corrected chi connectivity index (χ3v) is 3.11. The zero-order chi connectivity index (χ0) is 13.2. The van der Waals surface area contributed by atoms with Crippen LogP contribution in [-0.2, 0) is 0 Å². The lowest BCUT2D eigenvalue weighted by molar-refractivity contribution is 0.215. The number of hydrogen-bond acceptors (Lipinski definition) is 3. The van der Waals surface area contributed by atoms with Crippen molar-refractivity contribution in [1.82, 2.24) is 9.97 Å². The quantitative estimate of drug-likeness (QED) is 0.760. The lowest BCUT2D eigenvalue weighted by Gasteiger charge is -2.11. The Balaban J connectivity index is 2.04. The van der Waals surface area contributed by atoms with E-state index in [1.54, 1.807) is 12.4 Å². The smallest absolute Gasteiger partial charge is 0.122 e. The van der Waals surface area contributed by atoms with Crippen molar-refractivity contribution >= 4 is 10.9 Å². The minimum atomic E-state index is -0.739. The molecule has 1 aromatic carbocycles. The molecule has 1 N–H and O–H groups in total. The monoisotopic (exact) mass is 250 g/mol. The van der Waals surface area contributed by atoms with Crippen molar-refractivity contribution in [1.29, 1.82) is 0 Å². The van der Waals surface area contributed by atoms with E-state index in [1.165, 1.54) is 0 Å². The molecular formula is C16H14N2O. The molecular weight excluding hydrogens is 236 g/mol. The van der Waals surface area contributed by atoms with E-state index >= 15 is 0 Å². The number of hydrogen-bond donors (Lipinski definition) is 1. The van der Waals surface area contributed by atoms with Crippen LogP contribution in [0.1, 0.15) is 22.9 Å². The van der Waals surface area contributed by atoms with Gasteiger partial charge in [-0.3, -0.25) is 4.98 Å². The van der Waals surface area contributed by atoms with Crippen LogP contribution >= 0.6 is 0 Å². The fourth-order valence-corrected chi connectivity index (χ4v) is 2.13. The minimum Gasteiger partial charge on any atom is -0.382 e. The summed E-state index contributed by atoms with van der Waals surface area (Å²) in [4.78, 5) is 8.61. The van der Waals surface area contributed by atoms with Gasteiger partial charge in [0.05, 0.1) is 11.2 Å². The van der Waals surface area contributed by atoms with E-state index in [1.807, 2.05) is 49.4 Å². The predicted octanol–water partition coefficient (Wildman–Crippen LogP) is 3.02. The summed E-state index contributed by atoms with van der Waals surface area (Å²) in [5.74, 6) is 0. The van der Waals surface area contributed by atoms with E-state index in [2.05, 4.69) is 9.97 Å². The fraction of sp³-hybridized carbons (Fsp3) is 0.125. The van der Waals surface area contributed by atoms with Crippen molar-refractivity contribution in [2.24, 2.45) is 0 Å². The number of rotatable bonds is 2. The van der Waals surface area contributed by atoms with Gasteiger partial charge in [0.1, 0.15) is 6.10 Å². The van der Waals surface area contributed by atoms with Crippen LogP contribution in [-0.4, -0.2) is 15.1 Å². The molecule has 94 valence electrons. The Morgan fingerprint density at radius 2 is 1.89 bits per heavy atom. The molecule has 1 atom stereocenters. The Morgan fingerprint density at radius 1 is 1.05 bits per heavy atom. The van der Waals surface area contributed by atoms with Crippen LogP contribution in [0, 0.1) is 6.92 Å². The van der Waals surface area contributed by atoms with Crippen molar-refractivity contribution in [2.45, 2.75) is 13.0 Å². The van der Waals surface area contributed by atoms with Crippen LogP contribution < -0.4 is 0 Å². The number of benzene rings is 1. The van der Waals surface area contributed by atoms with E-state index in [0.29, 0.717) is 5.69 Å². The van der Waals surface area contributed by atoms with Crippen LogP contribution in [0.25, 0.3) is 10.9 Å². The molecule has 0 radical (unpaired) electrons. The molecule has 2 heterocycles. The first-order chi connectivity index (χ1) is 9.24. The van der Waals surface area contributed by atoms with Gasteiger partial charge in [0.25, 0.3) is 0 Å². The molecule has 19 heavy (non-hydrogen) atoms. The zero-order valence-electron chi connectivity index (χ0n) is 10.6. The van der Waals surface area contributed by atoms with E-state index in [0.717, 1.165) is 22.0 Å². The Kier molecular flexibility index (Phi) is 2.97. The maximum absolute atomic E-state index is 10.4. The molecule has 0 saturated heterocycles. The summed E-state index contributed by atoms with van der Waals surface area (Å²) < 4.78 is 0. The second-order valence-corrected chi connectivity index (χ2v) is 4.63. The van der Waals surface area contributed by atoms with Crippen LogP contribution in [0.4, 0.5) is 0 Å². The number of pyridine rings is 2. The Morgan fingerprint density at radius 3 is 2.74 bits per heavy atom. The Hall–Kier alpha value is -2.26. The molecule has 0 spiro atoms. The molecule has 0 aliphatic rings. The van der Waals surface area contributed by atoms with Gasteiger partial charge in [0.15, 0.2) is 0 Å². The molecule has 0 amide bonds. The van der Waals surface area contributed by atoms with E-state index in [4.69, 9.17) is 0 Å². The first-order valence-corrected chi connectivity index (χ1v) is 6.19. The molecule has 3 rings (SSSR count). The van der Waals surface area contributed by atoms with E-state index < -0.39 is 6.10 Å². The van der Waals surface area contributed by atoms with Crippen molar-refractivity contribution in [3.05, 3.63) is 71.7 Å². The average molecular weight is 250 g/mol. The van der Waals surface area contributed by atoms with Crippen LogP contribution in [0.3, 0.4) is 0 Å². The molecule has 2 aromatic heterocycles. The van der Waals surface area contributed by atoms with Crippen LogP contribution in [0.5, 0.6) is 0 Å². The van der Waals surface area contributed by atoms with Gasteiger partial charge in [0.2, 0.25) is 0 Å². The Bertz CT molecular complexity index is 725. The normalized spacial score (nSPS) is 12.5. The van der Waals surface area contributed by atoms with Gasteiger partial charge in [-0.25, -0.2) is 4.98 Å². The molecule has 3 heteroatoms. The van der Waals surface area contributed by atoms with Gasteiger partial charge < -0.3 is 5.11 Å². The summed E-state index contributed by atoms with van der Waals surface area (Å²) in [6.45, 7) is 1.96. The second kappa shape index (κ2) is 4.78. The van der Waals surface area contributed by atoms with Crippen LogP contribution in [0.2, 0.25) is 0 Å². The number of fused-ring (bicyclic) bond motifs is 1. The molecule has 0 aliphatic carbocycles. The minimum absolute atomic E-state index is 0.645. The van der Waals surface area contributed by atoms with Crippen molar-refractivity contribution in [3.8, 4) is 0 Å². The highest BCUT2D eigenvalue weighted by atomic mass is 16.3. The van der Waals surface area contributed by atoms with Crippen molar-refractivity contribution in [3.63, 3.8) is 0 Å². The zero-order valence-corrected chi connectivity index (χ0v) is 10.6. The molecule has 0 aliphatic heterocycles. The maximum atomic E-state index is 10.4. The SMILES string of the molecule is Cc1cncc(C(O)c2ccc3ccccc3n2)c1. The first-order valence-electron chi connectivity index (χ1n) is 6.19. The van der Waals surface area contributed by atoms with Gasteiger partial charge in [-0.15, -0.1) is 0 Å². The lowest BCUT2D eigenvalue weighted by Crippen LogP contribution is -2.03. The average Bonchev–Trinajstić information content (AvgIpc) is 2.46. The molecule has 0 saturated carbocycles. The summed E-state index contributed by atoms with van der Waals surface area (Å²) in [5.41, 5.74) is 3.32. The molecule has 1 unspecified atom stereocenters. The van der Waals surface area contributed by atoms with Crippen molar-refractivity contribution in [2.75, 3.05) is 0 Å². The van der Waals surface area contributed by atoms with E-state index in [-0.39, 0.29) is 0 Å². The summed E-state index contributed by atoms with van der Waals surface area (Å²) >= 11 is 0. The number of aliphatic hydroxyl groups is 1. The van der Waals surface area contributed by atoms with Gasteiger partial charge in [-0.05, 0) is 24.6 Å². The predicted molar refractivity (Wildman–Crippen MR) is 74.8 cm³/mol. The summed E-state index contributed by atoms with van der Waals surface area (Å²) in [6.07, 6.45) is 2.70. The largest absolute Gasteiger partial charge is 0.382 e. The standard InChI is InChI=1S/C16H14N2O/c1-11-8-13(10-17-9-11)16(19)15-7-6-12-4-2-3-5-14(12)18-15/h2-10,16,19H,1H3. The van der Waals surface area contributed by atoms with Gasteiger partial charge >= 0.3 is 0 Å². The van der Waals surface area contributed by atoms with Crippen molar-refractivity contribution < 1.29 is 5.11 Å². The van der Waals surface area contributed by atoms with Gasteiger partial charge in [-0.1, -0.05) is 30.3 Å². The highest BCUT2D eigenvalue weighted by molar-refractivity contribution is 5.78. The Labute approximate surface area is 111 Å². The van der Waals surface area contributed by atoms with Crippen LogP contribution in [0.15, 0.2) is 54.9 Å². The number of aliphatic hydroxyl groups excluding tert-OH is 1. The summed E-state index contributed by atoms with van der Waals surface area (Å²) in [7, 11) is 0. The van der Waals surface area contributed by atoms with E-state index in [9.17, 15) is 5.11 Å². The highest BCUT2D eigenvalue weighted by Gasteiger charge is 2.12. The number of para-hydroxylation sites is 1. The second-order valence-electron chi connectivity index (χ2n) is 4.63. The number of nitrogens with zero attached hydrogens (tertiary/aromatic N) is 2. The topological polar surface area (TPSA) is 46.0 Å². The third-order valence-electron chi connectivity index (χ3n) is 3.11. The number of aromatic nitrogens is 2. The molecule has 3 nitrogen and oxygen atoms in total. The highest BCUT2D eigenvalue weighted by Crippen LogP contribution is 2.22. The lowest BCUT2D eigenvalue weighted by atomic mass is 10.1. The first kappa shape index (κ1) is 11.8. The molecule has 3 aromatic rings. The third kappa shape index (κ3) is 2.33. The molecule has 0 bridgehead atoms. The van der Waals surface area contributed by atoms with Gasteiger partial charge in [-0.2, -0.15) is 0 Å². The summed E-state index contributed by atoms with van der Waals surface area (Å²) in [6, 6.07) is 13.6.